The van der Waals surface area contributed by atoms with Gasteiger partial charge in [0, 0.05) is 29.2 Å². The van der Waals surface area contributed by atoms with E-state index in [4.69, 9.17) is 29.0 Å². The quantitative estimate of drug-likeness (QED) is 0.428. The molecule has 0 spiro atoms. The lowest BCUT2D eigenvalue weighted by Gasteiger charge is -2.12. The Kier molecular flexibility index (Phi) is 4.57. The average Bonchev–Trinajstić information content (AvgIpc) is 2.95. The summed E-state index contributed by atoms with van der Waals surface area (Å²) in [6, 6.07) is 11.5. The molecule has 23 heavy (non-hydrogen) atoms. The van der Waals surface area contributed by atoms with Crippen molar-refractivity contribution in [3.63, 3.8) is 0 Å². The predicted molar refractivity (Wildman–Crippen MR) is 95.2 cm³/mol. The first kappa shape index (κ1) is 15.9. The van der Waals surface area contributed by atoms with E-state index in [1.165, 1.54) is 0 Å². The van der Waals surface area contributed by atoms with Gasteiger partial charge in [-0.25, -0.2) is 0 Å². The summed E-state index contributed by atoms with van der Waals surface area (Å²) >= 11 is 12.1. The number of benzene rings is 2. The summed E-state index contributed by atoms with van der Waals surface area (Å²) in [4.78, 5) is 0. The average molecular weight is 348 g/mol. The molecule has 0 unspecified atom stereocenters. The van der Waals surface area contributed by atoms with Gasteiger partial charge >= 0.3 is 0 Å². The molecule has 1 aromatic heterocycles. The van der Waals surface area contributed by atoms with Gasteiger partial charge in [-0.2, -0.15) is 5.10 Å². The molecule has 3 aromatic rings. The van der Waals surface area contributed by atoms with Crippen LogP contribution in [0.5, 0.6) is 0 Å². The van der Waals surface area contributed by atoms with Crippen LogP contribution in [0.25, 0.3) is 10.9 Å². The van der Waals surface area contributed by atoms with E-state index in [9.17, 15) is 5.11 Å². The first-order valence-electron chi connectivity index (χ1n) is 7.03. The van der Waals surface area contributed by atoms with Gasteiger partial charge in [-0.3, -0.25) is 0 Å². The molecule has 0 saturated heterocycles. The van der Waals surface area contributed by atoms with Crippen LogP contribution in [0.3, 0.4) is 0 Å². The number of hydrazone groups is 1. The number of nitrogens with two attached hydrogens (primary N) is 1. The maximum atomic E-state index is 9.55. The molecule has 2 aromatic carbocycles. The van der Waals surface area contributed by atoms with Crippen LogP contribution in [0.1, 0.15) is 16.7 Å². The van der Waals surface area contributed by atoms with Crippen LogP contribution < -0.4 is 5.84 Å². The van der Waals surface area contributed by atoms with Gasteiger partial charge in [0.05, 0.1) is 22.9 Å². The molecular formula is C17H15Cl2N3O. The van der Waals surface area contributed by atoms with Crippen molar-refractivity contribution in [2.24, 2.45) is 10.9 Å². The molecule has 0 amide bonds. The molecule has 1 heterocycles. The topological polar surface area (TPSA) is 63.5 Å². The van der Waals surface area contributed by atoms with Gasteiger partial charge in [0.25, 0.3) is 0 Å². The minimum absolute atomic E-state index is 0.0868. The number of nitrogens with zero attached hydrogens (tertiary/aromatic N) is 2. The van der Waals surface area contributed by atoms with E-state index < -0.39 is 0 Å². The zero-order valence-corrected chi connectivity index (χ0v) is 13.7. The Morgan fingerprint density at radius 2 is 1.87 bits per heavy atom. The molecule has 0 saturated carbocycles. The van der Waals surface area contributed by atoms with Crippen LogP contribution in [0.15, 0.2) is 47.7 Å². The molecule has 0 aliphatic carbocycles. The molecule has 0 atom stereocenters. The monoisotopic (exact) mass is 347 g/mol. The van der Waals surface area contributed by atoms with Crippen LogP contribution in [0.4, 0.5) is 0 Å². The molecule has 0 radical (unpaired) electrons. The van der Waals surface area contributed by atoms with E-state index in [0.29, 0.717) is 16.6 Å². The number of aliphatic hydroxyl groups is 1. The largest absolute Gasteiger partial charge is 0.392 e. The Morgan fingerprint density at radius 3 is 2.57 bits per heavy atom. The lowest BCUT2D eigenvalue weighted by atomic mass is 10.1. The first-order chi connectivity index (χ1) is 11.1. The number of rotatable bonds is 4. The summed E-state index contributed by atoms with van der Waals surface area (Å²) in [5, 5.41) is 15.1. The SMILES string of the molecule is NN=Cc1cccc2c1ccn2Cc1cc(Cl)c(Cl)cc1CO. The fourth-order valence-electron chi connectivity index (χ4n) is 2.69. The summed E-state index contributed by atoms with van der Waals surface area (Å²) in [6.07, 6.45) is 3.62. The highest BCUT2D eigenvalue weighted by Gasteiger charge is 2.10. The number of hydrogen-bond acceptors (Lipinski definition) is 3. The van der Waals surface area contributed by atoms with E-state index >= 15 is 0 Å². The number of hydrogen-bond donors (Lipinski definition) is 2. The third kappa shape index (κ3) is 3.06. The van der Waals surface area contributed by atoms with Gasteiger partial charge in [0.2, 0.25) is 0 Å². The summed E-state index contributed by atoms with van der Waals surface area (Å²) < 4.78 is 2.09. The highest BCUT2D eigenvalue weighted by Crippen LogP contribution is 2.28. The van der Waals surface area contributed by atoms with Crippen LogP contribution >= 0.6 is 23.2 Å². The molecule has 0 aliphatic heterocycles. The second-order valence-corrected chi connectivity index (χ2v) is 6.01. The van der Waals surface area contributed by atoms with Gasteiger partial charge in [-0.05, 0) is 35.4 Å². The van der Waals surface area contributed by atoms with Crippen LogP contribution in [-0.4, -0.2) is 15.9 Å². The fourth-order valence-corrected chi connectivity index (χ4v) is 3.06. The lowest BCUT2D eigenvalue weighted by Crippen LogP contribution is -2.02. The Balaban J connectivity index is 2.06. The molecule has 3 rings (SSSR count). The van der Waals surface area contributed by atoms with Crippen molar-refractivity contribution in [1.82, 2.24) is 4.57 Å². The molecule has 6 heteroatoms. The molecule has 0 fully saturated rings. The van der Waals surface area contributed by atoms with Crippen molar-refractivity contribution < 1.29 is 5.11 Å². The number of halogens is 2. The van der Waals surface area contributed by atoms with Crippen molar-refractivity contribution in [1.29, 1.82) is 0 Å². The minimum atomic E-state index is -0.0868. The molecule has 0 aliphatic rings. The Hall–Kier alpha value is -2.01. The van der Waals surface area contributed by atoms with Crippen molar-refractivity contribution >= 4 is 40.3 Å². The van der Waals surface area contributed by atoms with E-state index in [0.717, 1.165) is 27.6 Å². The zero-order valence-electron chi connectivity index (χ0n) is 12.2. The van der Waals surface area contributed by atoms with E-state index in [1.807, 2.05) is 30.5 Å². The van der Waals surface area contributed by atoms with Crippen molar-refractivity contribution in [2.45, 2.75) is 13.2 Å². The molecule has 0 bridgehead atoms. The van der Waals surface area contributed by atoms with E-state index in [-0.39, 0.29) is 6.61 Å². The predicted octanol–water partition coefficient (Wildman–Crippen LogP) is 3.78. The second-order valence-electron chi connectivity index (χ2n) is 5.19. The van der Waals surface area contributed by atoms with Gasteiger partial charge < -0.3 is 15.5 Å². The number of aromatic nitrogens is 1. The first-order valence-corrected chi connectivity index (χ1v) is 7.78. The Bertz CT molecular complexity index is 887. The molecule has 3 N–H and O–H groups in total. The van der Waals surface area contributed by atoms with Gasteiger partial charge in [-0.15, -0.1) is 0 Å². The highest BCUT2D eigenvalue weighted by molar-refractivity contribution is 6.42. The van der Waals surface area contributed by atoms with Gasteiger partial charge in [-0.1, -0.05) is 35.3 Å². The summed E-state index contributed by atoms with van der Waals surface area (Å²) in [7, 11) is 0. The fraction of sp³-hybridized carbons (Fsp3) is 0.118. The lowest BCUT2D eigenvalue weighted by molar-refractivity contribution is 0.280. The molecule has 118 valence electrons. The maximum absolute atomic E-state index is 9.55. The standard InChI is InChI=1S/C17H15Cl2N3O/c18-15-6-12(13(10-23)7-16(15)19)9-22-5-4-14-11(8-21-20)2-1-3-17(14)22/h1-8,23H,9-10,20H2. The summed E-state index contributed by atoms with van der Waals surface area (Å²) in [5.74, 6) is 5.26. The maximum Gasteiger partial charge on any atom is 0.0685 e. The molecule has 4 nitrogen and oxygen atoms in total. The van der Waals surface area contributed by atoms with Crippen molar-refractivity contribution in [3.8, 4) is 0 Å². The zero-order chi connectivity index (χ0) is 16.4. The van der Waals surface area contributed by atoms with Crippen LogP contribution in [0, 0.1) is 0 Å². The summed E-state index contributed by atoms with van der Waals surface area (Å²) in [6.45, 7) is 0.496. The third-order valence-electron chi connectivity index (χ3n) is 3.81. The second kappa shape index (κ2) is 6.62. The highest BCUT2D eigenvalue weighted by atomic mass is 35.5. The normalized spacial score (nSPS) is 11.6. The van der Waals surface area contributed by atoms with Crippen LogP contribution in [0.2, 0.25) is 10.0 Å². The van der Waals surface area contributed by atoms with E-state index in [1.54, 1.807) is 18.3 Å². The number of fused-ring (bicyclic) bond motifs is 1. The minimum Gasteiger partial charge on any atom is -0.392 e. The Morgan fingerprint density at radius 1 is 1.13 bits per heavy atom. The molecular weight excluding hydrogens is 333 g/mol. The van der Waals surface area contributed by atoms with E-state index in [2.05, 4.69) is 9.67 Å². The van der Waals surface area contributed by atoms with Crippen LogP contribution in [-0.2, 0) is 13.2 Å². The van der Waals surface area contributed by atoms with Crippen molar-refractivity contribution in [3.05, 3.63) is 69.3 Å². The smallest absolute Gasteiger partial charge is 0.0685 e. The summed E-state index contributed by atoms with van der Waals surface area (Å²) in [5.41, 5.74) is 3.70. The van der Waals surface area contributed by atoms with Gasteiger partial charge in [0.1, 0.15) is 0 Å². The third-order valence-corrected chi connectivity index (χ3v) is 4.54. The Labute approximate surface area is 143 Å². The van der Waals surface area contributed by atoms with Gasteiger partial charge in [0.15, 0.2) is 0 Å². The van der Waals surface area contributed by atoms with Crippen molar-refractivity contribution in [2.75, 3.05) is 0 Å². The number of aliphatic hydroxyl groups excluding tert-OH is 1.